The summed E-state index contributed by atoms with van der Waals surface area (Å²) in [5.41, 5.74) is 5.78. The fourth-order valence-electron chi connectivity index (χ4n) is 6.08. The number of nitrogens with zero attached hydrogens (tertiary/aromatic N) is 6. The van der Waals surface area contributed by atoms with Gasteiger partial charge in [0.05, 0.1) is 29.9 Å². The van der Waals surface area contributed by atoms with Gasteiger partial charge in [-0.05, 0) is 50.8 Å². The molecule has 0 spiro atoms. The second-order valence-corrected chi connectivity index (χ2v) is 10.6. The van der Waals surface area contributed by atoms with E-state index in [0.717, 1.165) is 61.4 Å². The van der Waals surface area contributed by atoms with Crippen molar-refractivity contribution < 1.29 is 9.53 Å². The number of rotatable bonds is 5. The molecule has 4 heterocycles. The highest BCUT2D eigenvalue weighted by Crippen LogP contribution is 2.44. The van der Waals surface area contributed by atoms with Crippen LogP contribution in [0.2, 0.25) is 0 Å². The molecule has 8 heteroatoms. The minimum atomic E-state index is -0.384. The van der Waals surface area contributed by atoms with Gasteiger partial charge in [0.2, 0.25) is 0 Å². The summed E-state index contributed by atoms with van der Waals surface area (Å²) < 4.78 is 7.30. The maximum absolute atomic E-state index is 12.7. The summed E-state index contributed by atoms with van der Waals surface area (Å²) >= 11 is 0. The minimum absolute atomic E-state index is 0.357. The maximum Gasteiger partial charge on any atom is 0.356 e. The third-order valence-corrected chi connectivity index (χ3v) is 8.34. The number of carbonyl (C=O) groups excluding carboxylic acids is 1. The normalized spacial score (nSPS) is 19.5. The SMILES string of the molecule is COC(=O)c1cc(N2CCN(c3ccnc(C)c3)CC2)c2c(C3CCC3)nn(C3CCCCC3)c2n1. The molecule has 3 aromatic rings. The monoisotopic (exact) mass is 488 g/mol. The van der Waals surface area contributed by atoms with Crippen LogP contribution in [-0.4, -0.2) is 59.0 Å². The molecule has 2 saturated carbocycles. The van der Waals surface area contributed by atoms with Crippen LogP contribution in [0.25, 0.3) is 11.0 Å². The molecular weight excluding hydrogens is 452 g/mol. The number of carbonyl (C=O) groups is 1. The number of ether oxygens (including phenoxy) is 1. The third-order valence-electron chi connectivity index (χ3n) is 8.34. The van der Waals surface area contributed by atoms with Crippen molar-refractivity contribution in [3.05, 3.63) is 41.5 Å². The van der Waals surface area contributed by atoms with Crippen molar-refractivity contribution in [3.8, 4) is 0 Å². The van der Waals surface area contributed by atoms with Crippen LogP contribution in [0.1, 0.15) is 85.2 Å². The Bertz CT molecular complexity index is 1250. The molecule has 0 N–H and O–H groups in total. The summed E-state index contributed by atoms with van der Waals surface area (Å²) in [6.45, 7) is 5.61. The lowest BCUT2D eigenvalue weighted by Gasteiger charge is -2.38. The van der Waals surface area contributed by atoms with Gasteiger partial charge in [-0.25, -0.2) is 14.5 Å². The van der Waals surface area contributed by atoms with E-state index in [2.05, 4.69) is 31.6 Å². The summed E-state index contributed by atoms with van der Waals surface area (Å²) in [5.74, 6) is 0.105. The smallest absolute Gasteiger partial charge is 0.356 e. The van der Waals surface area contributed by atoms with E-state index in [1.54, 1.807) is 0 Å². The van der Waals surface area contributed by atoms with Gasteiger partial charge in [-0.15, -0.1) is 0 Å². The standard InChI is InChI=1S/C28H36N6O2/c1-19-17-22(11-12-29-19)32-13-15-33(16-14-32)24-18-23(28(35)36-2)30-27-25(24)26(20-7-6-8-20)31-34(27)21-9-4-3-5-10-21/h11-12,17-18,20-21H,3-10,13-16H2,1-2H3. The number of pyridine rings is 2. The molecule has 3 aliphatic rings. The molecular formula is C28H36N6O2. The van der Waals surface area contributed by atoms with Crippen LogP contribution < -0.4 is 9.80 Å². The van der Waals surface area contributed by atoms with Gasteiger partial charge in [-0.3, -0.25) is 4.98 Å². The molecule has 36 heavy (non-hydrogen) atoms. The Morgan fingerprint density at radius 3 is 2.39 bits per heavy atom. The van der Waals surface area contributed by atoms with Crippen LogP contribution in [0.3, 0.4) is 0 Å². The average molecular weight is 489 g/mol. The number of piperazine rings is 1. The highest BCUT2D eigenvalue weighted by atomic mass is 16.5. The fraction of sp³-hybridized carbons (Fsp3) is 0.571. The van der Waals surface area contributed by atoms with Crippen LogP contribution >= 0.6 is 0 Å². The number of aryl methyl sites for hydroxylation is 1. The number of anilines is 2. The Morgan fingerprint density at radius 1 is 0.972 bits per heavy atom. The van der Waals surface area contributed by atoms with E-state index in [0.29, 0.717) is 17.7 Å². The summed E-state index contributed by atoms with van der Waals surface area (Å²) in [4.78, 5) is 26.8. The van der Waals surface area contributed by atoms with Crippen molar-refractivity contribution in [2.45, 2.75) is 70.3 Å². The second-order valence-electron chi connectivity index (χ2n) is 10.6. The Morgan fingerprint density at radius 2 is 1.72 bits per heavy atom. The molecule has 1 saturated heterocycles. The van der Waals surface area contributed by atoms with Gasteiger partial charge in [0.25, 0.3) is 0 Å². The molecule has 1 aliphatic heterocycles. The van der Waals surface area contributed by atoms with Crippen LogP contribution in [0, 0.1) is 6.92 Å². The van der Waals surface area contributed by atoms with Crippen molar-refractivity contribution in [3.63, 3.8) is 0 Å². The van der Waals surface area contributed by atoms with Gasteiger partial charge in [0.1, 0.15) is 0 Å². The molecule has 0 unspecified atom stereocenters. The average Bonchev–Trinajstić information content (AvgIpc) is 3.26. The second kappa shape index (κ2) is 9.71. The van der Waals surface area contributed by atoms with E-state index in [1.165, 1.54) is 57.0 Å². The first-order valence-corrected chi connectivity index (χ1v) is 13.6. The van der Waals surface area contributed by atoms with E-state index >= 15 is 0 Å². The molecule has 0 amide bonds. The van der Waals surface area contributed by atoms with Crippen LogP contribution in [-0.2, 0) is 4.74 Å². The largest absolute Gasteiger partial charge is 0.464 e. The van der Waals surface area contributed by atoms with Crippen LogP contribution in [0.4, 0.5) is 11.4 Å². The van der Waals surface area contributed by atoms with E-state index in [9.17, 15) is 4.79 Å². The molecule has 6 rings (SSSR count). The Balaban J connectivity index is 1.41. The Kier molecular flexibility index (Phi) is 6.27. The van der Waals surface area contributed by atoms with Gasteiger partial charge in [-0.1, -0.05) is 25.7 Å². The van der Waals surface area contributed by atoms with E-state index in [-0.39, 0.29) is 5.97 Å². The number of methoxy groups -OCH3 is 1. The Labute approximate surface area is 212 Å². The molecule has 0 radical (unpaired) electrons. The van der Waals surface area contributed by atoms with E-state index < -0.39 is 0 Å². The zero-order valence-electron chi connectivity index (χ0n) is 21.4. The lowest BCUT2D eigenvalue weighted by molar-refractivity contribution is 0.0594. The predicted molar refractivity (Wildman–Crippen MR) is 141 cm³/mol. The number of fused-ring (bicyclic) bond motifs is 1. The number of hydrogen-bond acceptors (Lipinski definition) is 7. The van der Waals surface area contributed by atoms with Crippen LogP contribution in [0.5, 0.6) is 0 Å². The summed E-state index contributed by atoms with van der Waals surface area (Å²) in [7, 11) is 1.43. The first-order chi connectivity index (χ1) is 17.6. The summed E-state index contributed by atoms with van der Waals surface area (Å²) in [6.07, 6.45) is 11.5. The summed E-state index contributed by atoms with van der Waals surface area (Å²) in [6, 6.07) is 6.55. The van der Waals surface area contributed by atoms with Gasteiger partial charge in [-0.2, -0.15) is 5.10 Å². The first-order valence-electron chi connectivity index (χ1n) is 13.6. The lowest BCUT2D eigenvalue weighted by Crippen LogP contribution is -2.46. The molecule has 3 fully saturated rings. The minimum Gasteiger partial charge on any atom is -0.464 e. The van der Waals surface area contributed by atoms with E-state index in [4.69, 9.17) is 14.8 Å². The number of esters is 1. The molecule has 8 nitrogen and oxygen atoms in total. The van der Waals surface area contributed by atoms with E-state index in [1.807, 2.05) is 19.2 Å². The molecule has 190 valence electrons. The van der Waals surface area contributed by atoms with Crippen molar-refractivity contribution in [2.75, 3.05) is 43.1 Å². The highest BCUT2D eigenvalue weighted by Gasteiger charge is 2.32. The number of aromatic nitrogens is 4. The van der Waals surface area contributed by atoms with Gasteiger partial charge in [0.15, 0.2) is 11.3 Å². The van der Waals surface area contributed by atoms with Crippen LogP contribution in [0.15, 0.2) is 24.4 Å². The van der Waals surface area contributed by atoms with Gasteiger partial charge in [0, 0.05) is 49.7 Å². The molecule has 0 atom stereocenters. The quantitative estimate of drug-likeness (QED) is 0.467. The predicted octanol–water partition coefficient (Wildman–Crippen LogP) is 5.02. The van der Waals surface area contributed by atoms with Crippen molar-refractivity contribution in [2.24, 2.45) is 0 Å². The zero-order valence-corrected chi connectivity index (χ0v) is 21.4. The van der Waals surface area contributed by atoms with Crippen molar-refractivity contribution in [1.82, 2.24) is 19.7 Å². The fourth-order valence-corrected chi connectivity index (χ4v) is 6.08. The number of hydrogen-bond donors (Lipinski definition) is 0. The molecule has 0 bridgehead atoms. The zero-order chi connectivity index (χ0) is 24.6. The van der Waals surface area contributed by atoms with Gasteiger partial charge >= 0.3 is 5.97 Å². The van der Waals surface area contributed by atoms with Gasteiger partial charge < -0.3 is 14.5 Å². The topological polar surface area (TPSA) is 76.4 Å². The van der Waals surface area contributed by atoms with Crippen molar-refractivity contribution >= 4 is 28.4 Å². The first kappa shape index (κ1) is 23.3. The molecule has 3 aromatic heterocycles. The highest BCUT2D eigenvalue weighted by molar-refractivity contribution is 5.98. The van der Waals surface area contributed by atoms with Crippen molar-refractivity contribution in [1.29, 1.82) is 0 Å². The maximum atomic E-state index is 12.7. The molecule has 2 aliphatic carbocycles. The molecule has 0 aromatic carbocycles. The Hall–Kier alpha value is -3.16. The third kappa shape index (κ3) is 4.20. The lowest BCUT2D eigenvalue weighted by atomic mass is 9.82. The summed E-state index contributed by atoms with van der Waals surface area (Å²) in [5, 5.41) is 6.41.